The quantitative estimate of drug-likeness (QED) is 0.474. The fourth-order valence-corrected chi connectivity index (χ4v) is 2.41. The summed E-state index contributed by atoms with van der Waals surface area (Å²) in [6.45, 7) is 3.91. The maximum Gasteiger partial charge on any atom is 0.166 e. The van der Waals surface area contributed by atoms with Crippen molar-refractivity contribution in [3.05, 3.63) is 65.8 Å². The predicted molar refractivity (Wildman–Crippen MR) is 85.7 cm³/mol. The van der Waals surface area contributed by atoms with E-state index in [2.05, 4.69) is 0 Å². The molecule has 1 fully saturated rings. The Bertz CT molecular complexity index is 594. The van der Waals surface area contributed by atoms with Crippen molar-refractivity contribution in [2.24, 2.45) is 5.41 Å². The van der Waals surface area contributed by atoms with Crippen LogP contribution in [0.25, 0.3) is 6.08 Å². The maximum atomic E-state index is 12.0. The second-order valence-electron chi connectivity index (χ2n) is 6.10. The summed E-state index contributed by atoms with van der Waals surface area (Å²) < 4.78 is 0. The van der Waals surface area contributed by atoms with Gasteiger partial charge in [-0.3, -0.25) is 9.59 Å². The molecule has 2 heteroatoms. The molecule has 0 radical (unpaired) electrons. The molecule has 1 aromatic rings. The molecule has 0 heterocycles. The molecule has 1 aliphatic rings. The van der Waals surface area contributed by atoms with Crippen LogP contribution in [-0.2, 0) is 9.59 Å². The Kier molecular flexibility index (Phi) is 4.69. The largest absolute Gasteiger partial charge is 0.294 e. The van der Waals surface area contributed by atoms with Crippen LogP contribution >= 0.6 is 0 Å². The molecule has 1 aliphatic carbocycles. The second kappa shape index (κ2) is 6.49. The van der Waals surface area contributed by atoms with Crippen LogP contribution < -0.4 is 0 Å². The van der Waals surface area contributed by atoms with Gasteiger partial charge in [-0.1, -0.05) is 68.5 Å². The van der Waals surface area contributed by atoms with Crippen LogP contribution in [-0.4, -0.2) is 11.6 Å². The van der Waals surface area contributed by atoms with Gasteiger partial charge in [0, 0.05) is 12.8 Å². The molecule has 0 saturated heterocycles. The van der Waals surface area contributed by atoms with Gasteiger partial charge in [-0.05, 0) is 17.1 Å². The molecule has 0 amide bonds. The first-order chi connectivity index (χ1) is 9.98. The summed E-state index contributed by atoms with van der Waals surface area (Å²) in [5.41, 5.74) is 1.24. The lowest BCUT2D eigenvalue weighted by atomic mass is 9.74. The van der Waals surface area contributed by atoms with E-state index in [9.17, 15) is 9.59 Å². The zero-order chi connectivity index (χ0) is 15.3. The van der Waals surface area contributed by atoms with Gasteiger partial charge in [-0.2, -0.15) is 0 Å². The molecular formula is C19H20O2. The van der Waals surface area contributed by atoms with Crippen LogP contribution in [0.1, 0.15) is 32.3 Å². The number of carbonyl (C=O) groups is 2. The summed E-state index contributed by atoms with van der Waals surface area (Å²) in [5.74, 6) is -0.0964. The molecule has 2 rings (SSSR count). The first-order valence-corrected chi connectivity index (χ1v) is 7.14. The number of carbonyl (C=O) groups excluding carboxylic acids is 2. The number of benzene rings is 1. The van der Waals surface area contributed by atoms with Gasteiger partial charge in [0.15, 0.2) is 11.6 Å². The third kappa shape index (κ3) is 4.38. The van der Waals surface area contributed by atoms with Crippen LogP contribution in [0, 0.1) is 5.41 Å². The van der Waals surface area contributed by atoms with E-state index in [0.717, 1.165) is 5.56 Å². The van der Waals surface area contributed by atoms with Crippen LogP contribution in [0.2, 0.25) is 0 Å². The highest BCUT2D eigenvalue weighted by atomic mass is 16.1. The maximum absolute atomic E-state index is 12.0. The highest BCUT2D eigenvalue weighted by Crippen LogP contribution is 2.33. The van der Waals surface area contributed by atoms with E-state index in [4.69, 9.17) is 0 Å². The van der Waals surface area contributed by atoms with Crippen LogP contribution in [0.5, 0.6) is 0 Å². The van der Waals surface area contributed by atoms with E-state index in [1.807, 2.05) is 62.4 Å². The molecular weight excluding hydrogens is 260 g/mol. The first kappa shape index (κ1) is 15.2. The molecule has 0 aromatic heterocycles. The lowest BCUT2D eigenvalue weighted by molar-refractivity contribution is -0.127. The Balaban J connectivity index is 2.01. The third-order valence-electron chi connectivity index (χ3n) is 3.45. The minimum atomic E-state index is -0.206. The van der Waals surface area contributed by atoms with Crippen molar-refractivity contribution in [2.75, 3.05) is 0 Å². The van der Waals surface area contributed by atoms with Crippen molar-refractivity contribution in [3.8, 4) is 0 Å². The number of Topliss-reactive ketones (excluding diaryl/α,β-unsaturated/α-hetero) is 2. The van der Waals surface area contributed by atoms with Gasteiger partial charge >= 0.3 is 0 Å². The first-order valence-electron chi connectivity index (χ1n) is 7.14. The van der Waals surface area contributed by atoms with E-state index in [0.29, 0.717) is 18.4 Å². The van der Waals surface area contributed by atoms with Crippen molar-refractivity contribution >= 4 is 17.6 Å². The molecule has 0 bridgehead atoms. The van der Waals surface area contributed by atoms with Gasteiger partial charge in [0.2, 0.25) is 0 Å². The SMILES string of the molecule is CC1(C)CC(=O)C(=C/C=C/C=C/c2ccccc2)C(=O)C1. The number of ketones is 2. The molecule has 108 valence electrons. The molecule has 0 atom stereocenters. The van der Waals surface area contributed by atoms with Crippen molar-refractivity contribution in [2.45, 2.75) is 26.7 Å². The summed E-state index contributed by atoms with van der Waals surface area (Å²) in [6, 6.07) is 9.95. The normalized spacial score (nSPS) is 18.7. The zero-order valence-corrected chi connectivity index (χ0v) is 12.5. The molecule has 21 heavy (non-hydrogen) atoms. The summed E-state index contributed by atoms with van der Waals surface area (Å²) in [5, 5.41) is 0. The lowest BCUT2D eigenvalue weighted by Gasteiger charge is -2.28. The topological polar surface area (TPSA) is 34.1 Å². The minimum Gasteiger partial charge on any atom is -0.294 e. The van der Waals surface area contributed by atoms with Crippen molar-refractivity contribution < 1.29 is 9.59 Å². The summed E-state index contributed by atoms with van der Waals surface area (Å²) in [4.78, 5) is 23.9. The smallest absolute Gasteiger partial charge is 0.166 e. The van der Waals surface area contributed by atoms with Crippen molar-refractivity contribution in [1.29, 1.82) is 0 Å². The summed E-state index contributed by atoms with van der Waals surface area (Å²) in [7, 11) is 0. The Labute approximate surface area is 125 Å². The molecule has 1 aromatic carbocycles. The third-order valence-corrected chi connectivity index (χ3v) is 3.45. The van der Waals surface area contributed by atoms with Gasteiger partial charge in [-0.25, -0.2) is 0 Å². The average Bonchev–Trinajstić information content (AvgIpc) is 2.41. The lowest BCUT2D eigenvalue weighted by Crippen LogP contribution is -2.31. The molecule has 0 spiro atoms. The number of allylic oxidation sites excluding steroid dienone is 5. The highest BCUT2D eigenvalue weighted by molar-refractivity contribution is 6.22. The number of hydrogen-bond acceptors (Lipinski definition) is 2. The van der Waals surface area contributed by atoms with Crippen molar-refractivity contribution in [3.63, 3.8) is 0 Å². The standard InChI is InChI=1S/C19H20O2/c1-19(2)13-17(20)16(18(21)14-19)12-8-4-7-11-15-9-5-3-6-10-15/h3-12H,13-14H2,1-2H3/b8-4+,11-7+. The molecule has 0 unspecified atom stereocenters. The predicted octanol–water partition coefficient (Wildman–Crippen LogP) is 4.14. The Morgan fingerprint density at radius 2 is 1.52 bits per heavy atom. The molecule has 0 aliphatic heterocycles. The second-order valence-corrected chi connectivity index (χ2v) is 6.10. The Hall–Kier alpha value is -2.22. The van der Waals surface area contributed by atoms with Gasteiger partial charge < -0.3 is 0 Å². The highest BCUT2D eigenvalue weighted by Gasteiger charge is 2.34. The van der Waals surface area contributed by atoms with Gasteiger partial charge in [0.25, 0.3) is 0 Å². The molecule has 1 saturated carbocycles. The molecule has 0 N–H and O–H groups in total. The van der Waals surface area contributed by atoms with E-state index >= 15 is 0 Å². The summed E-state index contributed by atoms with van der Waals surface area (Å²) >= 11 is 0. The molecule has 2 nitrogen and oxygen atoms in total. The minimum absolute atomic E-state index is 0.0482. The number of hydrogen-bond donors (Lipinski definition) is 0. The fraction of sp³-hybridized carbons (Fsp3) is 0.263. The van der Waals surface area contributed by atoms with Gasteiger partial charge in [-0.15, -0.1) is 0 Å². The summed E-state index contributed by atoms with van der Waals surface area (Å²) in [6.07, 6.45) is 9.98. The van der Waals surface area contributed by atoms with Gasteiger partial charge in [0.05, 0.1) is 5.57 Å². The van der Waals surface area contributed by atoms with E-state index in [1.165, 1.54) is 0 Å². The van der Waals surface area contributed by atoms with E-state index in [1.54, 1.807) is 12.2 Å². The van der Waals surface area contributed by atoms with Crippen LogP contribution in [0.4, 0.5) is 0 Å². The fourth-order valence-electron chi connectivity index (χ4n) is 2.41. The van der Waals surface area contributed by atoms with E-state index < -0.39 is 0 Å². The zero-order valence-electron chi connectivity index (χ0n) is 12.5. The average molecular weight is 280 g/mol. The Morgan fingerprint density at radius 1 is 0.905 bits per heavy atom. The van der Waals surface area contributed by atoms with Crippen molar-refractivity contribution in [1.82, 2.24) is 0 Å². The number of rotatable bonds is 3. The van der Waals surface area contributed by atoms with E-state index in [-0.39, 0.29) is 17.0 Å². The van der Waals surface area contributed by atoms with Crippen LogP contribution in [0.3, 0.4) is 0 Å². The monoisotopic (exact) mass is 280 g/mol. The van der Waals surface area contributed by atoms with Gasteiger partial charge in [0.1, 0.15) is 0 Å². The van der Waals surface area contributed by atoms with Crippen LogP contribution in [0.15, 0.2) is 60.2 Å². The Morgan fingerprint density at radius 3 is 2.14 bits per heavy atom.